The van der Waals surface area contributed by atoms with Crippen LogP contribution in [0.15, 0.2) is 71.8 Å². The molecule has 1 saturated heterocycles. The molecule has 1 fully saturated rings. The first-order chi connectivity index (χ1) is 16.5. The smallest absolute Gasteiger partial charge is 0.267 e. The normalized spacial score (nSPS) is 13.4. The first-order valence-corrected chi connectivity index (χ1v) is 11.0. The number of rotatable bonds is 5. The molecule has 1 aliphatic rings. The van der Waals surface area contributed by atoms with Crippen LogP contribution < -0.4 is 15.8 Å². The highest BCUT2D eigenvalue weighted by molar-refractivity contribution is 5.85. The van der Waals surface area contributed by atoms with Crippen molar-refractivity contribution >= 4 is 18.1 Å². The van der Waals surface area contributed by atoms with E-state index in [1.54, 1.807) is 0 Å². The molecule has 5 rings (SSSR count). The molecule has 2 aromatic heterocycles. The zero-order valence-electron chi connectivity index (χ0n) is 18.7. The maximum Gasteiger partial charge on any atom is 0.267 e. The van der Waals surface area contributed by atoms with Gasteiger partial charge in [0.05, 0.1) is 30.3 Å². The molecule has 0 amide bonds. The van der Waals surface area contributed by atoms with Crippen LogP contribution in [0.2, 0.25) is 0 Å². The van der Waals surface area contributed by atoms with E-state index in [9.17, 15) is 13.6 Å². The van der Waals surface area contributed by atoms with Gasteiger partial charge in [0.25, 0.3) is 5.56 Å². The third-order valence-electron chi connectivity index (χ3n) is 5.66. The van der Waals surface area contributed by atoms with Gasteiger partial charge in [0.2, 0.25) is 0 Å². The Hall–Kier alpha value is -3.69. The summed E-state index contributed by atoms with van der Waals surface area (Å²) in [6, 6.07) is 13.5. The van der Waals surface area contributed by atoms with E-state index in [2.05, 4.69) is 25.3 Å². The van der Waals surface area contributed by atoms with Crippen molar-refractivity contribution in [1.82, 2.24) is 25.1 Å². The molecule has 3 heterocycles. The molecule has 10 heteroatoms. The van der Waals surface area contributed by atoms with Crippen LogP contribution in [-0.2, 0) is 6.54 Å². The Morgan fingerprint density at radius 1 is 0.886 bits per heavy atom. The molecule has 2 aromatic carbocycles. The van der Waals surface area contributed by atoms with Crippen molar-refractivity contribution in [3.05, 3.63) is 94.5 Å². The van der Waals surface area contributed by atoms with Crippen molar-refractivity contribution < 1.29 is 8.78 Å². The van der Waals surface area contributed by atoms with Gasteiger partial charge in [0, 0.05) is 49.4 Å². The Kier molecular flexibility index (Phi) is 7.48. The second kappa shape index (κ2) is 10.7. The van der Waals surface area contributed by atoms with Crippen LogP contribution in [0.25, 0.3) is 22.6 Å². The van der Waals surface area contributed by atoms with Crippen molar-refractivity contribution in [3.8, 4) is 22.6 Å². The molecular formula is C25H23ClF2N6O. The Morgan fingerprint density at radius 3 is 2.31 bits per heavy atom. The second-order valence-corrected chi connectivity index (χ2v) is 8.07. The van der Waals surface area contributed by atoms with Gasteiger partial charge >= 0.3 is 0 Å². The van der Waals surface area contributed by atoms with Crippen LogP contribution in [0.5, 0.6) is 0 Å². The maximum atomic E-state index is 13.6. The van der Waals surface area contributed by atoms with E-state index < -0.39 is 11.6 Å². The van der Waals surface area contributed by atoms with Gasteiger partial charge in [-0.25, -0.2) is 23.4 Å². The largest absolute Gasteiger partial charge is 0.366 e. The highest BCUT2D eigenvalue weighted by Gasteiger charge is 2.12. The summed E-state index contributed by atoms with van der Waals surface area (Å²) in [4.78, 5) is 23.7. The summed E-state index contributed by atoms with van der Waals surface area (Å²) in [5, 5.41) is 7.64. The number of benzene rings is 2. The zero-order chi connectivity index (χ0) is 23.5. The van der Waals surface area contributed by atoms with E-state index in [1.165, 1.54) is 28.9 Å². The van der Waals surface area contributed by atoms with Crippen molar-refractivity contribution in [2.24, 2.45) is 0 Å². The second-order valence-electron chi connectivity index (χ2n) is 8.07. The van der Waals surface area contributed by atoms with Crippen molar-refractivity contribution in [1.29, 1.82) is 0 Å². The molecule has 0 saturated carbocycles. The molecule has 4 aromatic rings. The quantitative estimate of drug-likeness (QED) is 0.455. The molecule has 35 heavy (non-hydrogen) atoms. The maximum absolute atomic E-state index is 13.6. The van der Waals surface area contributed by atoms with Gasteiger partial charge in [-0.15, -0.1) is 12.4 Å². The van der Waals surface area contributed by atoms with Crippen molar-refractivity contribution in [3.63, 3.8) is 0 Å². The van der Waals surface area contributed by atoms with E-state index in [4.69, 9.17) is 0 Å². The molecule has 1 aliphatic heterocycles. The standard InChI is InChI=1S/C25H22F2N6O.ClH/c26-20-11-19(12-21(27)13-20)23-4-5-24(34)33(31-23)16-17-2-1-3-18(10-17)25-29-14-22(15-30-25)32-8-6-28-7-9-32;/h1-5,10-15,28H,6-9,16H2;1H. The molecule has 0 unspecified atom stereocenters. The number of aromatic nitrogens is 4. The van der Waals surface area contributed by atoms with E-state index >= 15 is 0 Å². The number of nitrogens with zero attached hydrogens (tertiary/aromatic N) is 5. The molecular weight excluding hydrogens is 474 g/mol. The summed E-state index contributed by atoms with van der Waals surface area (Å²) in [6.07, 6.45) is 3.65. The fourth-order valence-corrected chi connectivity index (χ4v) is 3.96. The molecule has 0 radical (unpaired) electrons. The molecule has 7 nitrogen and oxygen atoms in total. The van der Waals surface area contributed by atoms with E-state index in [0.29, 0.717) is 11.5 Å². The predicted octanol–water partition coefficient (Wildman–Crippen LogP) is 3.53. The van der Waals surface area contributed by atoms with Gasteiger partial charge < -0.3 is 10.2 Å². The molecule has 0 aliphatic carbocycles. The minimum Gasteiger partial charge on any atom is -0.366 e. The first kappa shape index (κ1) is 24.4. The summed E-state index contributed by atoms with van der Waals surface area (Å²) >= 11 is 0. The van der Waals surface area contributed by atoms with Crippen LogP contribution in [0.1, 0.15) is 5.56 Å². The summed E-state index contributed by atoms with van der Waals surface area (Å²) in [5.74, 6) is -0.819. The van der Waals surface area contributed by atoms with Gasteiger partial charge in [0.1, 0.15) is 11.6 Å². The Morgan fingerprint density at radius 2 is 1.60 bits per heavy atom. The van der Waals surface area contributed by atoms with Gasteiger partial charge in [-0.2, -0.15) is 5.10 Å². The number of nitrogens with one attached hydrogen (secondary N) is 1. The summed E-state index contributed by atoms with van der Waals surface area (Å²) in [6.45, 7) is 3.90. The van der Waals surface area contributed by atoms with Crippen LogP contribution in [0.4, 0.5) is 14.5 Å². The minimum absolute atomic E-state index is 0. The fraction of sp³-hybridized carbons (Fsp3) is 0.200. The van der Waals surface area contributed by atoms with Crippen molar-refractivity contribution in [2.45, 2.75) is 6.54 Å². The minimum atomic E-state index is -0.703. The Labute approximate surface area is 206 Å². The van der Waals surface area contributed by atoms with Gasteiger partial charge in [-0.3, -0.25) is 4.79 Å². The number of halogens is 3. The van der Waals surface area contributed by atoms with Crippen LogP contribution in [-0.4, -0.2) is 45.9 Å². The third kappa shape index (κ3) is 5.70. The van der Waals surface area contributed by atoms with Crippen LogP contribution in [0, 0.1) is 11.6 Å². The molecule has 180 valence electrons. The van der Waals surface area contributed by atoms with Crippen molar-refractivity contribution in [2.75, 3.05) is 31.1 Å². The van der Waals surface area contributed by atoms with E-state index in [1.807, 2.05) is 36.7 Å². The molecule has 0 bridgehead atoms. The van der Waals surface area contributed by atoms with E-state index in [0.717, 1.165) is 49.1 Å². The Balaban J connectivity index is 0.00000289. The summed E-state index contributed by atoms with van der Waals surface area (Å²) in [5.41, 5.74) is 2.88. The third-order valence-corrected chi connectivity index (χ3v) is 5.66. The van der Waals surface area contributed by atoms with Gasteiger partial charge in [0.15, 0.2) is 5.82 Å². The average molecular weight is 497 g/mol. The predicted molar refractivity (Wildman–Crippen MR) is 133 cm³/mol. The lowest BCUT2D eigenvalue weighted by Crippen LogP contribution is -2.43. The highest BCUT2D eigenvalue weighted by atomic mass is 35.5. The van der Waals surface area contributed by atoms with Crippen LogP contribution >= 0.6 is 12.4 Å². The number of hydrogen-bond donors (Lipinski definition) is 1. The number of anilines is 1. The van der Waals surface area contributed by atoms with Gasteiger partial charge in [-0.05, 0) is 29.8 Å². The monoisotopic (exact) mass is 496 g/mol. The van der Waals surface area contributed by atoms with E-state index in [-0.39, 0.29) is 30.1 Å². The fourth-order valence-electron chi connectivity index (χ4n) is 3.96. The SMILES string of the molecule is Cl.O=c1ccc(-c2cc(F)cc(F)c2)nn1Cc1cccc(-c2ncc(N3CCNCC3)cn2)c1. The summed E-state index contributed by atoms with van der Waals surface area (Å²) in [7, 11) is 0. The first-order valence-electron chi connectivity index (χ1n) is 11.0. The average Bonchev–Trinajstić information content (AvgIpc) is 2.86. The Bertz CT molecular complexity index is 1350. The highest BCUT2D eigenvalue weighted by Crippen LogP contribution is 2.21. The lowest BCUT2D eigenvalue weighted by Gasteiger charge is -2.28. The molecule has 1 N–H and O–H groups in total. The number of piperazine rings is 1. The van der Waals surface area contributed by atoms with Gasteiger partial charge in [-0.1, -0.05) is 18.2 Å². The zero-order valence-corrected chi connectivity index (χ0v) is 19.5. The lowest BCUT2D eigenvalue weighted by atomic mass is 10.1. The molecule has 0 atom stereocenters. The molecule has 0 spiro atoms. The topological polar surface area (TPSA) is 75.9 Å². The lowest BCUT2D eigenvalue weighted by molar-refractivity contribution is 0.583. The summed E-state index contributed by atoms with van der Waals surface area (Å²) < 4.78 is 28.5. The van der Waals surface area contributed by atoms with Crippen LogP contribution in [0.3, 0.4) is 0 Å². The number of hydrogen-bond acceptors (Lipinski definition) is 6.